The summed E-state index contributed by atoms with van der Waals surface area (Å²) < 4.78 is 0. The molecule has 0 fully saturated rings. The molecule has 1 N–H and O–H groups in total. The van der Waals surface area contributed by atoms with E-state index < -0.39 is 5.97 Å². The predicted molar refractivity (Wildman–Crippen MR) is 90.9 cm³/mol. The first kappa shape index (κ1) is 15.2. The van der Waals surface area contributed by atoms with E-state index in [1.807, 2.05) is 52.0 Å². The lowest BCUT2D eigenvalue weighted by atomic mass is 9.87. The van der Waals surface area contributed by atoms with Crippen LogP contribution >= 0.6 is 0 Å². The molecule has 2 aromatic heterocycles. The number of nitrogens with zero attached hydrogens (tertiary/aromatic N) is 2. The molecule has 0 amide bonds. The molecule has 0 aliphatic heterocycles. The molecule has 0 radical (unpaired) electrons. The molecule has 0 atom stereocenters. The third kappa shape index (κ3) is 2.36. The van der Waals surface area contributed by atoms with Gasteiger partial charge in [-0.3, -0.25) is 0 Å². The Kier molecular flexibility index (Phi) is 3.60. The van der Waals surface area contributed by atoms with E-state index >= 15 is 0 Å². The molecule has 116 valence electrons. The monoisotopic (exact) mass is 306 g/mol. The lowest BCUT2D eigenvalue weighted by molar-refractivity contribution is 0.0696. The number of aromatic carboxylic acids is 1. The lowest BCUT2D eigenvalue weighted by Crippen LogP contribution is -2.09. The minimum absolute atomic E-state index is 0.327. The first-order chi connectivity index (χ1) is 10.9. The molecule has 0 bridgehead atoms. The van der Waals surface area contributed by atoms with Gasteiger partial charge in [0.1, 0.15) is 0 Å². The number of carboxylic acid groups (broad SMARTS) is 1. The Morgan fingerprint density at radius 1 is 0.957 bits per heavy atom. The van der Waals surface area contributed by atoms with E-state index in [1.54, 1.807) is 6.20 Å². The number of hydrogen-bond donors (Lipinski definition) is 1. The van der Waals surface area contributed by atoms with E-state index in [0.29, 0.717) is 22.5 Å². The van der Waals surface area contributed by atoms with Crippen LogP contribution in [0.15, 0.2) is 30.5 Å². The molecule has 0 saturated heterocycles. The molecule has 3 rings (SSSR count). The molecule has 0 aliphatic carbocycles. The maximum absolute atomic E-state index is 11.9. The number of aromatic nitrogens is 2. The van der Waals surface area contributed by atoms with Crippen LogP contribution < -0.4 is 0 Å². The second kappa shape index (κ2) is 5.47. The Morgan fingerprint density at radius 3 is 2.35 bits per heavy atom. The van der Waals surface area contributed by atoms with Crippen LogP contribution in [-0.4, -0.2) is 21.0 Å². The third-order valence-electron chi connectivity index (χ3n) is 4.62. The van der Waals surface area contributed by atoms with Crippen molar-refractivity contribution in [3.05, 3.63) is 58.3 Å². The molecular weight excluding hydrogens is 288 g/mol. The Labute approximate surface area is 134 Å². The fourth-order valence-corrected chi connectivity index (χ4v) is 2.99. The SMILES string of the molecule is Cc1c(C)c(C)c(-c2ccc3cccnc3n2)c(C(=O)O)c1C. The quantitative estimate of drug-likeness (QED) is 0.769. The summed E-state index contributed by atoms with van der Waals surface area (Å²) in [4.78, 5) is 20.7. The standard InChI is InChI=1S/C19H18N2O2/c1-10-11(2)13(4)17(19(22)23)16(12(10)3)15-8-7-14-6-5-9-20-18(14)21-15/h5-9H,1-4H3,(H,22,23). The average Bonchev–Trinajstić information content (AvgIpc) is 2.55. The molecule has 0 unspecified atom stereocenters. The largest absolute Gasteiger partial charge is 0.478 e. The van der Waals surface area contributed by atoms with Crippen molar-refractivity contribution in [2.75, 3.05) is 0 Å². The number of pyridine rings is 2. The van der Waals surface area contributed by atoms with Crippen molar-refractivity contribution in [2.24, 2.45) is 0 Å². The summed E-state index contributed by atoms with van der Waals surface area (Å²) in [5.41, 5.74) is 6.15. The number of fused-ring (bicyclic) bond motifs is 1. The second-order valence-electron chi connectivity index (χ2n) is 5.80. The van der Waals surface area contributed by atoms with Crippen LogP contribution in [0.2, 0.25) is 0 Å². The molecule has 1 aromatic carbocycles. The summed E-state index contributed by atoms with van der Waals surface area (Å²) in [6.07, 6.45) is 1.69. The molecule has 0 spiro atoms. The van der Waals surface area contributed by atoms with Crippen LogP contribution in [0.5, 0.6) is 0 Å². The van der Waals surface area contributed by atoms with Gasteiger partial charge in [-0.25, -0.2) is 14.8 Å². The molecule has 4 nitrogen and oxygen atoms in total. The van der Waals surface area contributed by atoms with Crippen molar-refractivity contribution in [2.45, 2.75) is 27.7 Å². The Bertz CT molecular complexity index is 946. The van der Waals surface area contributed by atoms with Gasteiger partial charge < -0.3 is 5.11 Å². The van der Waals surface area contributed by atoms with Crippen molar-refractivity contribution >= 4 is 17.0 Å². The van der Waals surface area contributed by atoms with Crippen LogP contribution in [-0.2, 0) is 0 Å². The molecule has 3 aromatic rings. The third-order valence-corrected chi connectivity index (χ3v) is 4.62. The zero-order chi connectivity index (χ0) is 16.7. The average molecular weight is 306 g/mol. The van der Waals surface area contributed by atoms with Crippen LogP contribution in [0, 0.1) is 27.7 Å². The van der Waals surface area contributed by atoms with Gasteiger partial charge in [-0.15, -0.1) is 0 Å². The highest BCUT2D eigenvalue weighted by atomic mass is 16.4. The van der Waals surface area contributed by atoms with Gasteiger partial charge in [-0.2, -0.15) is 0 Å². The summed E-state index contributed by atoms with van der Waals surface area (Å²) in [5, 5.41) is 10.7. The fraction of sp³-hybridized carbons (Fsp3) is 0.211. The highest BCUT2D eigenvalue weighted by Gasteiger charge is 2.22. The number of carbonyl (C=O) groups is 1. The van der Waals surface area contributed by atoms with Crippen molar-refractivity contribution in [1.29, 1.82) is 0 Å². The number of benzene rings is 1. The van der Waals surface area contributed by atoms with Crippen molar-refractivity contribution < 1.29 is 9.90 Å². The fourth-order valence-electron chi connectivity index (χ4n) is 2.99. The molecule has 0 saturated carbocycles. The van der Waals surface area contributed by atoms with E-state index in [1.165, 1.54) is 0 Å². The summed E-state index contributed by atoms with van der Waals surface area (Å²) in [7, 11) is 0. The Balaban J connectivity index is 2.39. The Morgan fingerprint density at radius 2 is 1.65 bits per heavy atom. The van der Waals surface area contributed by atoms with Crippen molar-refractivity contribution in [1.82, 2.24) is 9.97 Å². The first-order valence-electron chi connectivity index (χ1n) is 7.47. The van der Waals surface area contributed by atoms with Crippen LogP contribution in [0.3, 0.4) is 0 Å². The Hall–Kier alpha value is -2.75. The maximum Gasteiger partial charge on any atom is 0.336 e. The zero-order valence-corrected chi connectivity index (χ0v) is 13.6. The van der Waals surface area contributed by atoms with E-state index in [2.05, 4.69) is 9.97 Å². The minimum atomic E-state index is -0.924. The van der Waals surface area contributed by atoms with Gasteiger partial charge in [0, 0.05) is 17.1 Å². The molecule has 0 aliphatic rings. The molecule has 4 heteroatoms. The first-order valence-corrected chi connectivity index (χ1v) is 7.47. The van der Waals surface area contributed by atoms with Gasteiger partial charge >= 0.3 is 5.97 Å². The van der Waals surface area contributed by atoms with Gasteiger partial charge in [0.05, 0.1) is 11.3 Å². The summed E-state index contributed by atoms with van der Waals surface area (Å²) >= 11 is 0. The summed E-state index contributed by atoms with van der Waals surface area (Å²) in [6, 6.07) is 7.60. The molecular formula is C19H18N2O2. The zero-order valence-electron chi connectivity index (χ0n) is 13.6. The lowest BCUT2D eigenvalue weighted by Gasteiger charge is -2.18. The summed E-state index contributed by atoms with van der Waals surface area (Å²) in [6.45, 7) is 7.79. The van der Waals surface area contributed by atoms with E-state index in [0.717, 1.165) is 27.6 Å². The summed E-state index contributed by atoms with van der Waals surface area (Å²) in [5.74, 6) is -0.924. The van der Waals surface area contributed by atoms with Crippen LogP contribution in [0.1, 0.15) is 32.6 Å². The van der Waals surface area contributed by atoms with Crippen LogP contribution in [0.25, 0.3) is 22.3 Å². The second-order valence-corrected chi connectivity index (χ2v) is 5.80. The van der Waals surface area contributed by atoms with E-state index in [4.69, 9.17) is 0 Å². The van der Waals surface area contributed by atoms with Gasteiger partial charge in [0.25, 0.3) is 0 Å². The molecule has 23 heavy (non-hydrogen) atoms. The van der Waals surface area contributed by atoms with Gasteiger partial charge in [0.15, 0.2) is 5.65 Å². The number of rotatable bonds is 2. The molecule has 2 heterocycles. The van der Waals surface area contributed by atoms with E-state index in [-0.39, 0.29) is 0 Å². The predicted octanol–water partition coefficient (Wildman–Crippen LogP) is 4.23. The van der Waals surface area contributed by atoms with Crippen LogP contribution in [0.4, 0.5) is 0 Å². The minimum Gasteiger partial charge on any atom is -0.478 e. The van der Waals surface area contributed by atoms with Gasteiger partial charge in [0.2, 0.25) is 0 Å². The highest BCUT2D eigenvalue weighted by molar-refractivity contribution is 5.99. The van der Waals surface area contributed by atoms with Crippen molar-refractivity contribution in [3.8, 4) is 11.3 Å². The maximum atomic E-state index is 11.9. The number of hydrogen-bond acceptors (Lipinski definition) is 3. The van der Waals surface area contributed by atoms with Gasteiger partial charge in [-0.05, 0) is 74.2 Å². The smallest absolute Gasteiger partial charge is 0.336 e. The van der Waals surface area contributed by atoms with Gasteiger partial charge in [-0.1, -0.05) is 0 Å². The highest BCUT2D eigenvalue weighted by Crippen LogP contribution is 2.34. The number of carboxylic acids is 1. The van der Waals surface area contributed by atoms with E-state index in [9.17, 15) is 9.90 Å². The normalized spacial score (nSPS) is 11.0. The topological polar surface area (TPSA) is 63.1 Å². The van der Waals surface area contributed by atoms with Crippen molar-refractivity contribution in [3.63, 3.8) is 0 Å².